The van der Waals surface area contributed by atoms with Crippen molar-refractivity contribution in [3.05, 3.63) is 34.4 Å². The fourth-order valence-electron chi connectivity index (χ4n) is 1.18. The van der Waals surface area contributed by atoms with Crippen LogP contribution in [0.25, 0.3) is 0 Å². The van der Waals surface area contributed by atoms with Crippen LogP contribution in [0.5, 0.6) is 0 Å². The number of hydrogen-bond acceptors (Lipinski definition) is 5. The zero-order valence-electron chi connectivity index (χ0n) is 8.09. The highest BCUT2D eigenvalue weighted by atomic mass is 35.5. The van der Waals surface area contributed by atoms with E-state index in [1.165, 1.54) is 11.5 Å². The topological polar surface area (TPSA) is 41.9 Å². The molecule has 0 bridgehead atoms. The first-order valence-corrected chi connectivity index (χ1v) is 5.51. The molecule has 0 N–H and O–H groups in total. The number of hydrogen-bond donors (Lipinski definition) is 0. The van der Waals surface area contributed by atoms with E-state index in [2.05, 4.69) is 14.6 Å². The minimum atomic E-state index is 0.502. The van der Waals surface area contributed by atoms with E-state index in [9.17, 15) is 0 Å². The Labute approximate surface area is 96.7 Å². The third-order valence-corrected chi connectivity index (χ3v) is 2.75. The lowest BCUT2D eigenvalue weighted by Gasteiger charge is -2.16. The Morgan fingerprint density at radius 3 is 3.00 bits per heavy atom. The van der Waals surface area contributed by atoms with E-state index >= 15 is 0 Å². The smallest absolute Gasteiger partial charge is 0.131 e. The molecule has 78 valence electrons. The number of pyridine rings is 1. The lowest BCUT2D eigenvalue weighted by molar-refractivity contribution is 0.909. The van der Waals surface area contributed by atoms with Crippen molar-refractivity contribution in [2.45, 2.75) is 6.54 Å². The first-order valence-electron chi connectivity index (χ1n) is 4.35. The third-order valence-electron chi connectivity index (χ3n) is 1.89. The van der Waals surface area contributed by atoms with E-state index in [1.807, 2.05) is 24.1 Å². The van der Waals surface area contributed by atoms with Gasteiger partial charge in [-0.3, -0.25) is 0 Å². The van der Waals surface area contributed by atoms with E-state index in [1.54, 1.807) is 12.3 Å². The summed E-state index contributed by atoms with van der Waals surface area (Å²) in [6.45, 7) is 0.741. The van der Waals surface area contributed by atoms with E-state index in [0.717, 1.165) is 17.2 Å². The van der Waals surface area contributed by atoms with Gasteiger partial charge in [0.15, 0.2) is 0 Å². The Morgan fingerprint density at radius 2 is 2.33 bits per heavy atom. The second-order valence-corrected chi connectivity index (χ2v) is 4.32. The standard InChI is InChI=1S/C9H9ClN4S/c1-14(6-7-5-11-13-15-7)9-4-2-3-8(10)12-9/h2-5H,6H2,1H3. The van der Waals surface area contributed by atoms with Crippen molar-refractivity contribution >= 4 is 29.0 Å². The maximum absolute atomic E-state index is 5.81. The number of nitrogens with zero attached hydrogens (tertiary/aromatic N) is 4. The van der Waals surface area contributed by atoms with Crippen LogP contribution in [0, 0.1) is 0 Å². The van der Waals surface area contributed by atoms with Crippen molar-refractivity contribution in [2.75, 3.05) is 11.9 Å². The van der Waals surface area contributed by atoms with E-state index in [-0.39, 0.29) is 0 Å². The molecule has 0 aliphatic carbocycles. The summed E-state index contributed by atoms with van der Waals surface area (Å²) in [5.41, 5.74) is 0. The molecule has 0 saturated carbocycles. The highest BCUT2D eigenvalue weighted by Crippen LogP contribution is 2.16. The van der Waals surface area contributed by atoms with Crippen LogP contribution in [0.15, 0.2) is 24.4 Å². The predicted molar refractivity (Wildman–Crippen MR) is 61.3 cm³/mol. The minimum Gasteiger partial charge on any atom is -0.354 e. The molecule has 0 spiro atoms. The molecule has 15 heavy (non-hydrogen) atoms. The van der Waals surface area contributed by atoms with Crippen molar-refractivity contribution in [3.8, 4) is 0 Å². The van der Waals surface area contributed by atoms with Gasteiger partial charge in [-0.15, -0.1) is 5.10 Å². The highest BCUT2D eigenvalue weighted by molar-refractivity contribution is 7.05. The SMILES string of the molecule is CN(Cc1cnns1)c1cccc(Cl)n1. The quantitative estimate of drug-likeness (QED) is 0.772. The van der Waals surface area contributed by atoms with Gasteiger partial charge < -0.3 is 4.90 Å². The Bertz CT molecular complexity index is 431. The molecule has 2 aromatic rings. The molecular formula is C9H9ClN4S. The second-order valence-electron chi connectivity index (χ2n) is 3.06. The summed E-state index contributed by atoms with van der Waals surface area (Å²) in [5.74, 6) is 0.843. The molecule has 0 radical (unpaired) electrons. The van der Waals surface area contributed by atoms with Gasteiger partial charge in [-0.05, 0) is 23.7 Å². The van der Waals surface area contributed by atoms with Gasteiger partial charge in [0.05, 0.1) is 17.6 Å². The predicted octanol–water partition coefficient (Wildman–Crippen LogP) is 2.22. The summed E-state index contributed by atoms with van der Waals surface area (Å²) in [4.78, 5) is 7.31. The monoisotopic (exact) mass is 240 g/mol. The zero-order chi connectivity index (χ0) is 10.7. The van der Waals surface area contributed by atoms with Crippen LogP contribution >= 0.6 is 23.1 Å². The van der Waals surface area contributed by atoms with Gasteiger partial charge in [-0.2, -0.15) is 0 Å². The lowest BCUT2D eigenvalue weighted by atomic mass is 10.4. The summed E-state index contributed by atoms with van der Waals surface area (Å²) < 4.78 is 3.80. The Morgan fingerprint density at radius 1 is 1.47 bits per heavy atom. The van der Waals surface area contributed by atoms with E-state index in [0.29, 0.717) is 5.15 Å². The summed E-state index contributed by atoms with van der Waals surface area (Å²) in [7, 11) is 1.96. The molecule has 2 heterocycles. The first kappa shape index (κ1) is 10.3. The van der Waals surface area contributed by atoms with Crippen LogP contribution < -0.4 is 4.90 Å². The number of anilines is 1. The van der Waals surface area contributed by atoms with Crippen molar-refractivity contribution < 1.29 is 0 Å². The van der Waals surface area contributed by atoms with Crippen molar-refractivity contribution in [1.82, 2.24) is 14.6 Å². The molecule has 0 fully saturated rings. The molecule has 0 aromatic carbocycles. The van der Waals surface area contributed by atoms with E-state index < -0.39 is 0 Å². The molecule has 0 atom stereocenters. The van der Waals surface area contributed by atoms with Crippen LogP contribution in [-0.2, 0) is 6.54 Å². The molecule has 4 nitrogen and oxygen atoms in total. The summed E-state index contributed by atoms with van der Waals surface area (Å²) >= 11 is 7.20. The molecular weight excluding hydrogens is 232 g/mol. The summed E-state index contributed by atoms with van der Waals surface area (Å²) in [6, 6.07) is 5.56. The first-order chi connectivity index (χ1) is 7.25. The molecule has 0 amide bonds. The van der Waals surface area contributed by atoms with Crippen LogP contribution in [-0.4, -0.2) is 21.6 Å². The summed E-state index contributed by atoms with van der Waals surface area (Å²) in [6.07, 6.45) is 1.76. The normalized spacial score (nSPS) is 10.3. The second kappa shape index (κ2) is 4.55. The Hall–Kier alpha value is -1.20. The molecule has 6 heteroatoms. The molecule has 0 unspecified atom stereocenters. The maximum atomic E-state index is 5.81. The van der Waals surface area contributed by atoms with Gasteiger partial charge in [-0.1, -0.05) is 22.2 Å². The van der Waals surface area contributed by atoms with Gasteiger partial charge in [0.25, 0.3) is 0 Å². The Balaban J connectivity index is 2.11. The molecule has 0 saturated heterocycles. The van der Waals surface area contributed by atoms with Crippen molar-refractivity contribution in [2.24, 2.45) is 0 Å². The van der Waals surface area contributed by atoms with Crippen LogP contribution in [0.4, 0.5) is 5.82 Å². The average molecular weight is 241 g/mol. The van der Waals surface area contributed by atoms with Crippen LogP contribution in [0.1, 0.15) is 4.88 Å². The van der Waals surface area contributed by atoms with Gasteiger partial charge in [0, 0.05) is 7.05 Å². The zero-order valence-corrected chi connectivity index (χ0v) is 9.66. The lowest BCUT2D eigenvalue weighted by Crippen LogP contribution is -2.16. The van der Waals surface area contributed by atoms with Gasteiger partial charge in [0.1, 0.15) is 11.0 Å². The minimum absolute atomic E-state index is 0.502. The van der Waals surface area contributed by atoms with Crippen LogP contribution in [0.3, 0.4) is 0 Å². The summed E-state index contributed by atoms with van der Waals surface area (Å²) in [5, 5.41) is 4.28. The Kier molecular flexibility index (Phi) is 3.13. The number of aromatic nitrogens is 3. The van der Waals surface area contributed by atoms with Gasteiger partial charge in [0.2, 0.25) is 0 Å². The fourth-order valence-corrected chi connectivity index (χ4v) is 1.89. The van der Waals surface area contributed by atoms with Crippen molar-refractivity contribution in [3.63, 3.8) is 0 Å². The largest absolute Gasteiger partial charge is 0.354 e. The van der Waals surface area contributed by atoms with Crippen LogP contribution in [0.2, 0.25) is 5.15 Å². The third kappa shape index (κ3) is 2.64. The number of rotatable bonds is 3. The molecule has 2 aromatic heterocycles. The van der Waals surface area contributed by atoms with Gasteiger partial charge in [-0.25, -0.2) is 4.98 Å². The average Bonchev–Trinajstić information content (AvgIpc) is 2.70. The number of halogens is 1. The van der Waals surface area contributed by atoms with Crippen molar-refractivity contribution in [1.29, 1.82) is 0 Å². The maximum Gasteiger partial charge on any atom is 0.131 e. The highest BCUT2D eigenvalue weighted by Gasteiger charge is 2.05. The fraction of sp³-hybridized carbons (Fsp3) is 0.222. The van der Waals surface area contributed by atoms with Gasteiger partial charge >= 0.3 is 0 Å². The van der Waals surface area contributed by atoms with E-state index in [4.69, 9.17) is 11.6 Å². The molecule has 0 aliphatic heterocycles. The molecule has 0 aliphatic rings. The molecule has 2 rings (SSSR count).